The molecule has 2 amide bonds. The molecule has 0 bridgehead atoms. The molecule has 1 saturated heterocycles. The van der Waals surface area contributed by atoms with Gasteiger partial charge in [-0.3, -0.25) is 14.5 Å². The summed E-state index contributed by atoms with van der Waals surface area (Å²) in [5.74, 6) is -0.363. The fourth-order valence-corrected chi connectivity index (χ4v) is 2.28. The third-order valence-corrected chi connectivity index (χ3v) is 3.60. The molecule has 0 unspecified atom stereocenters. The van der Waals surface area contributed by atoms with Gasteiger partial charge in [0.2, 0.25) is 5.91 Å². The second-order valence-corrected chi connectivity index (χ2v) is 5.59. The Labute approximate surface area is 131 Å². The van der Waals surface area contributed by atoms with Crippen LogP contribution in [0.15, 0.2) is 30.3 Å². The van der Waals surface area contributed by atoms with E-state index in [4.69, 9.17) is 4.74 Å². The van der Waals surface area contributed by atoms with Crippen LogP contribution >= 0.6 is 0 Å². The molecule has 1 heterocycles. The van der Waals surface area contributed by atoms with Crippen molar-refractivity contribution in [3.63, 3.8) is 0 Å². The van der Waals surface area contributed by atoms with Crippen molar-refractivity contribution in [3.05, 3.63) is 35.9 Å². The Hall–Kier alpha value is -1.92. The van der Waals surface area contributed by atoms with Crippen LogP contribution in [0, 0.1) is 0 Å². The Kier molecular flexibility index (Phi) is 5.91. The van der Waals surface area contributed by atoms with Crippen LogP contribution < -0.4 is 5.32 Å². The molecule has 2 rings (SSSR count). The molecule has 0 aliphatic carbocycles. The average Bonchev–Trinajstić information content (AvgIpc) is 2.53. The van der Waals surface area contributed by atoms with Crippen LogP contribution in [0.3, 0.4) is 0 Å². The summed E-state index contributed by atoms with van der Waals surface area (Å²) in [6.45, 7) is 2.66. The molecule has 6 heteroatoms. The standard InChI is InChI=1S/C16H23N3O3/c1-18(2)15(20)10-17-16(21)14-12-19(8-9-22-14)11-13-6-4-3-5-7-13/h3-7,14H,8-12H2,1-2H3,(H,17,21)/t14-/m0/s1. The van der Waals surface area contributed by atoms with E-state index in [0.717, 1.165) is 13.1 Å². The minimum atomic E-state index is -0.521. The third-order valence-electron chi connectivity index (χ3n) is 3.60. The number of likely N-dealkylation sites (N-methyl/N-ethyl adjacent to an activating group) is 1. The molecule has 1 aromatic rings. The highest BCUT2D eigenvalue weighted by Crippen LogP contribution is 2.10. The van der Waals surface area contributed by atoms with Gasteiger partial charge in [0, 0.05) is 33.7 Å². The molecule has 0 aromatic heterocycles. The number of carbonyl (C=O) groups is 2. The molecule has 1 aliphatic heterocycles. The Bertz CT molecular complexity index is 505. The Morgan fingerprint density at radius 3 is 2.73 bits per heavy atom. The van der Waals surface area contributed by atoms with Crippen molar-refractivity contribution in [3.8, 4) is 0 Å². The van der Waals surface area contributed by atoms with Crippen LogP contribution in [0.25, 0.3) is 0 Å². The average molecular weight is 305 g/mol. The first-order chi connectivity index (χ1) is 10.6. The highest BCUT2D eigenvalue weighted by Gasteiger charge is 2.26. The number of rotatable bonds is 5. The number of nitrogens with one attached hydrogen (secondary N) is 1. The number of ether oxygens (including phenoxy) is 1. The fraction of sp³-hybridized carbons (Fsp3) is 0.500. The largest absolute Gasteiger partial charge is 0.366 e. The maximum atomic E-state index is 12.1. The summed E-state index contributed by atoms with van der Waals surface area (Å²) in [5.41, 5.74) is 1.21. The minimum Gasteiger partial charge on any atom is -0.366 e. The Morgan fingerprint density at radius 2 is 2.05 bits per heavy atom. The van der Waals surface area contributed by atoms with E-state index in [9.17, 15) is 9.59 Å². The van der Waals surface area contributed by atoms with Crippen molar-refractivity contribution >= 4 is 11.8 Å². The maximum Gasteiger partial charge on any atom is 0.250 e. The van der Waals surface area contributed by atoms with Gasteiger partial charge in [-0.1, -0.05) is 30.3 Å². The van der Waals surface area contributed by atoms with Crippen LogP contribution in [0.2, 0.25) is 0 Å². The summed E-state index contributed by atoms with van der Waals surface area (Å²) in [6, 6.07) is 10.1. The van der Waals surface area contributed by atoms with E-state index in [1.54, 1.807) is 14.1 Å². The normalized spacial score (nSPS) is 18.7. The minimum absolute atomic E-state index is 0.00434. The molecule has 1 atom stereocenters. The molecule has 0 saturated carbocycles. The molecule has 22 heavy (non-hydrogen) atoms. The predicted molar refractivity (Wildman–Crippen MR) is 83.2 cm³/mol. The SMILES string of the molecule is CN(C)C(=O)CNC(=O)[C@@H]1CN(Cc2ccccc2)CCO1. The number of hydrogen-bond acceptors (Lipinski definition) is 4. The van der Waals surface area contributed by atoms with E-state index < -0.39 is 6.10 Å². The maximum absolute atomic E-state index is 12.1. The van der Waals surface area contributed by atoms with Gasteiger partial charge < -0.3 is 15.0 Å². The summed E-state index contributed by atoms with van der Waals surface area (Å²) in [6.07, 6.45) is -0.521. The van der Waals surface area contributed by atoms with Gasteiger partial charge in [0.1, 0.15) is 6.10 Å². The highest BCUT2D eigenvalue weighted by molar-refractivity contribution is 5.86. The Morgan fingerprint density at radius 1 is 1.32 bits per heavy atom. The van der Waals surface area contributed by atoms with Crippen molar-refractivity contribution in [1.29, 1.82) is 0 Å². The van der Waals surface area contributed by atoms with Crippen molar-refractivity contribution in [2.75, 3.05) is 40.3 Å². The number of morpholine rings is 1. The van der Waals surface area contributed by atoms with Gasteiger partial charge in [-0.25, -0.2) is 0 Å². The van der Waals surface area contributed by atoms with E-state index in [1.165, 1.54) is 10.5 Å². The molecule has 1 aliphatic rings. The first-order valence-corrected chi connectivity index (χ1v) is 7.42. The van der Waals surface area contributed by atoms with Crippen LogP contribution in [-0.2, 0) is 20.9 Å². The number of benzene rings is 1. The fourth-order valence-electron chi connectivity index (χ4n) is 2.28. The zero-order valence-electron chi connectivity index (χ0n) is 13.1. The summed E-state index contributed by atoms with van der Waals surface area (Å²) in [4.78, 5) is 27.2. The smallest absolute Gasteiger partial charge is 0.250 e. The summed E-state index contributed by atoms with van der Waals surface area (Å²) < 4.78 is 5.52. The topological polar surface area (TPSA) is 61.9 Å². The van der Waals surface area contributed by atoms with E-state index in [0.29, 0.717) is 13.2 Å². The van der Waals surface area contributed by atoms with Crippen LogP contribution in [0.5, 0.6) is 0 Å². The van der Waals surface area contributed by atoms with E-state index >= 15 is 0 Å². The quantitative estimate of drug-likeness (QED) is 0.838. The second kappa shape index (κ2) is 7.91. The van der Waals surface area contributed by atoms with Gasteiger partial charge in [-0.2, -0.15) is 0 Å². The van der Waals surface area contributed by atoms with Crippen LogP contribution in [-0.4, -0.2) is 68.1 Å². The lowest BCUT2D eigenvalue weighted by molar-refractivity contribution is -0.141. The monoisotopic (exact) mass is 305 g/mol. The lowest BCUT2D eigenvalue weighted by Crippen LogP contribution is -2.50. The zero-order valence-corrected chi connectivity index (χ0v) is 13.1. The number of hydrogen-bond donors (Lipinski definition) is 1. The zero-order chi connectivity index (χ0) is 15.9. The highest BCUT2D eigenvalue weighted by atomic mass is 16.5. The molecule has 0 radical (unpaired) electrons. The molecule has 6 nitrogen and oxygen atoms in total. The first kappa shape index (κ1) is 16.5. The molecule has 0 spiro atoms. The number of carbonyl (C=O) groups excluding carboxylic acids is 2. The van der Waals surface area contributed by atoms with E-state index in [2.05, 4.69) is 22.3 Å². The summed E-state index contributed by atoms with van der Waals surface area (Å²) in [7, 11) is 3.32. The third kappa shape index (κ3) is 4.82. The summed E-state index contributed by atoms with van der Waals surface area (Å²) in [5, 5.41) is 2.64. The molecule has 1 aromatic carbocycles. The van der Waals surface area contributed by atoms with Crippen molar-refractivity contribution in [2.45, 2.75) is 12.6 Å². The predicted octanol–water partition coefficient (Wildman–Crippen LogP) is 0.0918. The van der Waals surface area contributed by atoms with Crippen molar-refractivity contribution in [1.82, 2.24) is 15.1 Å². The van der Waals surface area contributed by atoms with Gasteiger partial charge in [0.25, 0.3) is 5.91 Å². The van der Waals surface area contributed by atoms with E-state index in [1.807, 2.05) is 18.2 Å². The van der Waals surface area contributed by atoms with Gasteiger partial charge >= 0.3 is 0 Å². The molecule has 1 fully saturated rings. The molecule has 1 N–H and O–H groups in total. The first-order valence-electron chi connectivity index (χ1n) is 7.42. The summed E-state index contributed by atoms with van der Waals surface area (Å²) >= 11 is 0. The molecule has 120 valence electrons. The Balaban J connectivity index is 1.82. The van der Waals surface area contributed by atoms with Crippen molar-refractivity contribution < 1.29 is 14.3 Å². The van der Waals surface area contributed by atoms with Gasteiger partial charge in [-0.05, 0) is 5.56 Å². The number of nitrogens with zero attached hydrogens (tertiary/aromatic N) is 2. The molecular weight excluding hydrogens is 282 g/mol. The van der Waals surface area contributed by atoms with Gasteiger partial charge in [-0.15, -0.1) is 0 Å². The van der Waals surface area contributed by atoms with E-state index in [-0.39, 0.29) is 18.4 Å². The van der Waals surface area contributed by atoms with Gasteiger partial charge in [0.05, 0.1) is 13.2 Å². The van der Waals surface area contributed by atoms with Crippen LogP contribution in [0.1, 0.15) is 5.56 Å². The number of amides is 2. The lowest BCUT2D eigenvalue weighted by Gasteiger charge is -2.32. The lowest BCUT2D eigenvalue weighted by atomic mass is 10.2. The van der Waals surface area contributed by atoms with Gasteiger partial charge in [0.15, 0.2) is 0 Å². The van der Waals surface area contributed by atoms with Crippen molar-refractivity contribution in [2.24, 2.45) is 0 Å². The van der Waals surface area contributed by atoms with Crippen LogP contribution in [0.4, 0.5) is 0 Å². The molecular formula is C16H23N3O3. The second-order valence-electron chi connectivity index (χ2n) is 5.59.